The van der Waals surface area contributed by atoms with Crippen LogP contribution in [-0.2, 0) is 11.3 Å². The molecule has 0 saturated heterocycles. The molecule has 17 heavy (non-hydrogen) atoms. The van der Waals surface area contributed by atoms with Crippen molar-refractivity contribution in [3.05, 3.63) is 29.6 Å². The normalized spacial score (nSPS) is 11.8. The standard InChI is InChI=1S/C13H20N2O2/c1-10-6-5-7-11(14-10)8-15(9-12(16)17)13(2,3)4/h5-7H,8-9H2,1-4H3,(H,16,17). The molecule has 1 aromatic rings. The zero-order chi connectivity index (χ0) is 13.1. The van der Waals surface area contributed by atoms with E-state index in [-0.39, 0.29) is 12.1 Å². The van der Waals surface area contributed by atoms with Crippen LogP contribution in [0.2, 0.25) is 0 Å². The van der Waals surface area contributed by atoms with Crippen LogP contribution in [0.3, 0.4) is 0 Å². The fourth-order valence-electron chi connectivity index (χ4n) is 1.58. The fraction of sp³-hybridized carbons (Fsp3) is 0.538. The summed E-state index contributed by atoms with van der Waals surface area (Å²) in [6, 6.07) is 5.80. The van der Waals surface area contributed by atoms with E-state index in [1.54, 1.807) is 0 Å². The van der Waals surface area contributed by atoms with Crippen molar-refractivity contribution in [2.45, 2.75) is 39.8 Å². The Morgan fingerprint density at radius 1 is 1.41 bits per heavy atom. The van der Waals surface area contributed by atoms with Crippen LogP contribution in [0.4, 0.5) is 0 Å². The third-order valence-corrected chi connectivity index (χ3v) is 2.57. The summed E-state index contributed by atoms with van der Waals surface area (Å²) >= 11 is 0. The first kappa shape index (κ1) is 13.6. The number of aliphatic carboxylic acids is 1. The highest BCUT2D eigenvalue weighted by Crippen LogP contribution is 2.16. The van der Waals surface area contributed by atoms with Crippen LogP contribution in [-0.4, -0.2) is 33.0 Å². The molecule has 0 aliphatic rings. The van der Waals surface area contributed by atoms with Gasteiger partial charge in [0.25, 0.3) is 0 Å². The molecule has 4 nitrogen and oxygen atoms in total. The summed E-state index contributed by atoms with van der Waals surface area (Å²) in [6.07, 6.45) is 0. The average Bonchev–Trinajstić information content (AvgIpc) is 2.14. The lowest BCUT2D eigenvalue weighted by atomic mass is 10.1. The number of rotatable bonds is 4. The molecule has 0 amide bonds. The number of aryl methyl sites for hydroxylation is 1. The van der Waals surface area contributed by atoms with E-state index in [4.69, 9.17) is 5.11 Å². The smallest absolute Gasteiger partial charge is 0.317 e. The van der Waals surface area contributed by atoms with Gasteiger partial charge in [-0.25, -0.2) is 0 Å². The highest BCUT2D eigenvalue weighted by Gasteiger charge is 2.23. The summed E-state index contributed by atoms with van der Waals surface area (Å²) in [5, 5.41) is 8.92. The Kier molecular flexibility index (Phi) is 4.23. The maximum absolute atomic E-state index is 10.9. The first-order chi connectivity index (χ1) is 7.79. The minimum Gasteiger partial charge on any atom is -0.480 e. The molecule has 1 aromatic heterocycles. The molecule has 4 heteroatoms. The van der Waals surface area contributed by atoms with Crippen LogP contribution in [0.25, 0.3) is 0 Å². The van der Waals surface area contributed by atoms with Gasteiger partial charge in [0.05, 0.1) is 12.2 Å². The van der Waals surface area contributed by atoms with Gasteiger partial charge in [-0.05, 0) is 39.8 Å². The predicted octanol–water partition coefficient (Wildman–Crippen LogP) is 2.08. The molecule has 0 saturated carbocycles. The quantitative estimate of drug-likeness (QED) is 0.869. The van der Waals surface area contributed by atoms with Crippen LogP contribution >= 0.6 is 0 Å². The molecule has 0 atom stereocenters. The zero-order valence-corrected chi connectivity index (χ0v) is 10.9. The number of nitrogens with zero attached hydrogens (tertiary/aromatic N) is 2. The summed E-state index contributed by atoms with van der Waals surface area (Å²) in [7, 11) is 0. The van der Waals surface area contributed by atoms with Crippen LogP contribution in [0.5, 0.6) is 0 Å². The first-order valence-electron chi connectivity index (χ1n) is 5.68. The zero-order valence-electron chi connectivity index (χ0n) is 10.9. The fourth-order valence-corrected chi connectivity index (χ4v) is 1.58. The van der Waals surface area contributed by atoms with Crippen molar-refractivity contribution in [3.8, 4) is 0 Å². The van der Waals surface area contributed by atoms with Crippen molar-refractivity contribution in [2.75, 3.05) is 6.54 Å². The minimum atomic E-state index is -0.812. The van der Waals surface area contributed by atoms with Crippen molar-refractivity contribution in [1.29, 1.82) is 0 Å². The summed E-state index contributed by atoms with van der Waals surface area (Å²) in [5.41, 5.74) is 1.66. The summed E-state index contributed by atoms with van der Waals surface area (Å²) in [5.74, 6) is -0.812. The second-order valence-corrected chi connectivity index (χ2v) is 5.19. The van der Waals surface area contributed by atoms with Crippen molar-refractivity contribution in [1.82, 2.24) is 9.88 Å². The van der Waals surface area contributed by atoms with E-state index in [2.05, 4.69) is 4.98 Å². The molecule has 0 aliphatic carbocycles. The number of carboxylic acid groups (broad SMARTS) is 1. The summed E-state index contributed by atoms with van der Waals surface area (Å²) in [4.78, 5) is 17.2. The van der Waals surface area contributed by atoms with E-state index < -0.39 is 5.97 Å². The Morgan fingerprint density at radius 2 is 2.06 bits per heavy atom. The number of aromatic nitrogens is 1. The number of hydrogen-bond donors (Lipinski definition) is 1. The first-order valence-corrected chi connectivity index (χ1v) is 5.68. The lowest BCUT2D eigenvalue weighted by Crippen LogP contribution is -2.44. The second kappa shape index (κ2) is 5.27. The van der Waals surface area contributed by atoms with Gasteiger partial charge in [0, 0.05) is 17.8 Å². The Balaban J connectivity index is 2.83. The second-order valence-electron chi connectivity index (χ2n) is 5.19. The van der Waals surface area contributed by atoms with E-state index in [1.807, 2.05) is 50.8 Å². The highest BCUT2D eigenvalue weighted by atomic mass is 16.4. The molecular formula is C13H20N2O2. The van der Waals surface area contributed by atoms with Gasteiger partial charge in [-0.1, -0.05) is 6.07 Å². The highest BCUT2D eigenvalue weighted by molar-refractivity contribution is 5.69. The van der Waals surface area contributed by atoms with Crippen molar-refractivity contribution in [2.24, 2.45) is 0 Å². The Labute approximate surface area is 102 Å². The van der Waals surface area contributed by atoms with Gasteiger partial charge < -0.3 is 5.11 Å². The monoisotopic (exact) mass is 236 g/mol. The van der Waals surface area contributed by atoms with Crippen molar-refractivity contribution in [3.63, 3.8) is 0 Å². The molecule has 0 radical (unpaired) electrons. The molecule has 94 valence electrons. The van der Waals surface area contributed by atoms with Gasteiger partial charge in [0.2, 0.25) is 0 Å². The summed E-state index contributed by atoms with van der Waals surface area (Å²) in [6.45, 7) is 8.53. The molecule has 0 bridgehead atoms. The molecule has 0 aromatic carbocycles. The third kappa shape index (κ3) is 4.53. The Morgan fingerprint density at radius 3 is 2.53 bits per heavy atom. The van der Waals surface area contributed by atoms with Crippen LogP contribution in [0.1, 0.15) is 32.2 Å². The SMILES string of the molecule is Cc1cccc(CN(CC(=O)O)C(C)(C)C)n1. The maximum atomic E-state index is 10.9. The molecule has 1 rings (SSSR count). The molecule has 0 aliphatic heterocycles. The minimum absolute atomic E-state index is 0.0269. The predicted molar refractivity (Wildman–Crippen MR) is 66.8 cm³/mol. The van der Waals surface area contributed by atoms with Gasteiger partial charge in [0.1, 0.15) is 0 Å². The van der Waals surface area contributed by atoms with Crippen LogP contribution in [0.15, 0.2) is 18.2 Å². The largest absolute Gasteiger partial charge is 0.480 e. The molecular weight excluding hydrogens is 216 g/mol. The van der Waals surface area contributed by atoms with E-state index in [0.717, 1.165) is 11.4 Å². The lowest BCUT2D eigenvalue weighted by Gasteiger charge is -2.34. The Bertz CT molecular complexity index is 397. The van der Waals surface area contributed by atoms with Crippen molar-refractivity contribution >= 4 is 5.97 Å². The van der Waals surface area contributed by atoms with Gasteiger partial charge in [-0.3, -0.25) is 14.7 Å². The van der Waals surface area contributed by atoms with Gasteiger partial charge in [-0.2, -0.15) is 0 Å². The van der Waals surface area contributed by atoms with Crippen LogP contribution < -0.4 is 0 Å². The molecule has 0 fully saturated rings. The number of carbonyl (C=O) groups is 1. The molecule has 0 spiro atoms. The maximum Gasteiger partial charge on any atom is 0.317 e. The van der Waals surface area contributed by atoms with E-state index in [0.29, 0.717) is 6.54 Å². The van der Waals surface area contributed by atoms with E-state index in [9.17, 15) is 4.79 Å². The summed E-state index contributed by atoms with van der Waals surface area (Å²) < 4.78 is 0. The average molecular weight is 236 g/mol. The number of pyridine rings is 1. The molecule has 1 heterocycles. The lowest BCUT2D eigenvalue weighted by molar-refractivity contribution is -0.139. The van der Waals surface area contributed by atoms with Crippen molar-refractivity contribution < 1.29 is 9.90 Å². The number of carboxylic acids is 1. The third-order valence-electron chi connectivity index (χ3n) is 2.57. The van der Waals surface area contributed by atoms with Gasteiger partial charge >= 0.3 is 5.97 Å². The van der Waals surface area contributed by atoms with Crippen LogP contribution in [0, 0.1) is 6.92 Å². The molecule has 1 N–H and O–H groups in total. The number of hydrogen-bond acceptors (Lipinski definition) is 3. The topological polar surface area (TPSA) is 53.4 Å². The Hall–Kier alpha value is -1.42. The van der Waals surface area contributed by atoms with Gasteiger partial charge in [0.15, 0.2) is 0 Å². The van der Waals surface area contributed by atoms with Gasteiger partial charge in [-0.15, -0.1) is 0 Å². The molecule has 0 unspecified atom stereocenters. The van der Waals surface area contributed by atoms with E-state index in [1.165, 1.54) is 0 Å². The van der Waals surface area contributed by atoms with E-state index >= 15 is 0 Å².